The maximum Gasteiger partial charge on any atom is 0.246 e. The van der Waals surface area contributed by atoms with Crippen molar-refractivity contribution in [3.8, 4) is 11.4 Å². The first-order valence-corrected chi connectivity index (χ1v) is 11.4. The van der Waals surface area contributed by atoms with Gasteiger partial charge in [-0.1, -0.05) is 11.2 Å². The molecule has 0 spiro atoms. The first-order valence-electron chi connectivity index (χ1n) is 9.74. The Balaban J connectivity index is 1.35. The molecule has 30 heavy (non-hydrogen) atoms. The van der Waals surface area contributed by atoms with Gasteiger partial charge < -0.3 is 9.42 Å². The average molecular weight is 426 g/mol. The Morgan fingerprint density at radius 2 is 2.03 bits per heavy atom. The Labute approximate surface area is 174 Å². The quantitative estimate of drug-likeness (QED) is 0.571. The van der Waals surface area contributed by atoms with Crippen molar-refractivity contribution < 1.29 is 17.7 Å². The Morgan fingerprint density at radius 3 is 2.83 bits per heavy atom. The summed E-state index contributed by atoms with van der Waals surface area (Å²) in [7, 11) is -1.94. The highest BCUT2D eigenvalue weighted by Crippen LogP contribution is 2.25. The summed E-state index contributed by atoms with van der Waals surface area (Å²) in [5.41, 5.74) is 3.03. The monoisotopic (exact) mass is 426 g/mol. The van der Waals surface area contributed by atoms with Crippen LogP contribution >= 0.6 is 0 Å². The van der Waals surface area contributed by atoms with Crippen molar-refractivity contribution in [1.82, 2.24) is 20.0 Å². The fourth-order valence-electron chi connectivity index (χ4n) is 3.49. The molecule has 156 valence electrons. The van der Waals surface area contributed by atoms with Crippen molar-refractivity contribution in [2.24, 2.45) is 0 Å². The smallest absolute Gasteiger partial charge is 0.246 e. The molecule has 9 heteroatoms. The van der Waals surface area contributed by atoms with Crippen LogP contribution in [-0.2, 0) is 34.0 Å². The molecule has 0 atom stereocenters. The summed E-state index contributed by atoms with van der Waals surface area (Å²) < 4.78 is 30.5. The van der Waals surface area contributed by atoms with Gasteiger partial charge >= 0.3 is 0 Å². The lowest BCUT2D eigenvalue weighted by molar-refractivity contribution is -0.130. The van der Waals surface area contributed by atoms with E-state index < -0.39 is 9.84 Å². The van der Waals surface area contributed by atoms with E-state index >= 15 is 0 Å². The van der Waals surface area contributed by atoms with Crippen LogP contribution in [0.4, 0.5) is 0 Å². The van der Waals surface area contributed by atoms with Crippen LogP contribution in [0.5, 0.6) is 0 Å². The summed E-state index contributed by atoms with van der Waals surface area (Å²) in [5, 5.41) is 3.89. The lowest BCUT2D eigenvalue weighted by Gasteiger charge is -2.15. The van der Waals surface area contributed by atoms with E-state index in [1.165, 1.54) is 10.5 Å². The third-order valence-corrected chi connectivity index (χ3v) is 6.91. The zero-order valence-electron chi connectivity index (χ0n) is 16.6. The van der Waals surface area contributed by atoms with Gasteiger partial charge in [0.05, 0.1) is 17.2 Å². The molecule has 0 N–H and O–H groups in total. The third-order valence-electron chi connectivity index (χ3n) is 5.20. The van der Waals surface area contributed by atoms with Crippen molar-refractivity contribution in [1.29, 1.82) is 0 Å². The second-order valence-electron chi connectivity index (χ2n) is 7.36. The zero-order valence-corrected chi connectivity index (χ0v) is 17.4. The van der Waals surface area contributed by atoms with E-state index in [2.05, 4.69) is 15.1 Å². The summed E-state index contributed by atoms with van der Waals surface area (Å²) in [6.45, 7) is 0.102. The molecule has 1 aromatic carbocycles. The molecule has 0 saturated carbocycles. The molecule has 1 aliphatic rings. The van der Waals surface area contributed by atoms with Gasteiger partial charge in [0.1, 0.15) is 0 Å². The van der Waals surface area contributed by atoms with Crippen molar-refractivity contribution >= 4 is 15.7 Å². The Kier molecular flexibility index (Phi) is 5.63. The minimum Gasteiger partial charge on any atom is -0.337 e. The van der Waals surface area contributed by atoms with Crippen LogP contribution in [0.3, 0.4) is 0 Å². The molecule has 0 radical (unpaired) electrons. The molecule has 0 bridgehead atoms. The normalized spacial score (nSPS) is 13.2. The van der Waals surface area contributed by atoms with Crippen molar-refractivity contribution in [2.75, 3.05) is 12.8 Å². The highest BCUT2D eigenvalue weighted by atomic mass is 32.2. The van der Waals surface area contributed by atoms with Gasteiger partial charge in [-0.15, -0.1) is 0 Å². The number of carbonyl (C=O) groups excluding carboxylic acids is 1. The van der Waals surface area contributed by atoms with E-state index in [9.17, 15) is 13.2 Å². The number of hydrogen-bond donors (Lipinski definition) is 0. The first-order chi connectivity index (χ1) is 14.4. The van der Waals surface area contributed by atoms with Gasteiger partial charge in [-0.3, -0.25) is 9.78 Å². The van der Waals surface area contributed by atoms with Crippen molar-refractivity contribution in [3.05, 3.63) is 59.7 Å². The summed E-state index contributed by atoms with van der Waals surface area (Å²) in [5.74, 6) is 0.116. The zero-order chi connectivity index (χ0) is 21.1. The van der Waals surface area contributed by atoms with Crippen LogP contribution in [0.2, 0.25) is 0 Å². The molecule has 0 unspecified atom stereocenters. The van der Waals surface area contributed by atoms with Gasteiger partial charge in [0, 0.05) is 31.4 Å². The van der Waals surface area contributed by atoms with Gasteiger partial charge in [0.15, 0.2) is 9.84 Å². The topological polar surface area (TPSA) is 106 Å². The van der Waals surface area contributed by atoms with Crippen molar-refractivity contribution in [2.45, 2.75) is 37.1 Å². The molecule has 2 aromatic heterocycles. The van der Waals surface area contributed by atoms with Gasteiger partial charge in [0.2, 0.25) is 17.6 Å². The molecule has 8 nitrogen and oxygen atoms in total. The second kappa shape index (κ2) is 8.35. The van der Waals surface area contributed by atoms with E-state index in [4.69, 9.17) is 4.52 Å². The molecule has 3 aromatic rings. The molecular weight excluding hydrogens is 404 g/mol. The van der Waals surface area contributed by atoms with Gasteiger partial charge in [-0.05, 0) is 54.7 Å². The number of sulfone groups is 1. The van der Waals surface area contributed by atoms with Crippen LogP contribution in [0.15, 0.2) is 52.1 Å². The van der Waals surface area contributed by atoms with E-state index in [0.717, 1.165) is 24.8 Å². The molecule has 1 aliphatic carbocycles. The molecule has 0 fully saturated rings. The van der Waals surface area contributed by atoms with E-state index in [-0.39, 0.29) is 35.4 Å². The number of fused-ring (bicyclic) bond motifs is 1. The number of carbonyl (C=O) groups is 1. The SMILES string of the molecule is CN(Cc1nc(-c2cccnc2)no1)C(=O)CCS(=O)(=O)c1ccc2c(c1)CCC2. The maximum absolute atomic E-state index is 12.7. The van der Waals surface area contributed by atoms with Crippen molar-refractivity contribution in [3.63, 3.8) is 0 Å². The number of aromatic nitrogens is 3. The Hall–Kier alpha value is -3.07. The predicted molar refractivity (Wildman–Crippen MR) is 109 cm³/mol. The van der Waals surface area contributed by atoms with Gasteiger partial charge in [-0.25, -0.2) is 8.42 Å². The number of amides is 1. The van der Waals surface area contributed by atoms with Crippen LogP contribution < -0.4 is 0 Å². The standard InChI is InChI=1S/C21H22N4O4S/c1-25(14-19-23-21(24-29-19)17-6-3-10-22-13-17)20(26)9-11-30(27,28)18-8-7-15-4-2-5-16(15)12-18/h3,6-8,10,12-13H,2,4-5,9,11,14H2,1H3. The highest BCUT2D eigenvalue weighted by molar-refractivity contribution is 7.91. The van der Waals surface area contributed by atoms with Gasteiger partial charge in [0.25, 0.3) is 0 Å². The van der Waals surface area contributed by atoms with E-state index in [0.29, 0.717) is 11.4 Å². The highest BCUT2D eigenvalue weighted by Gasteiger charge is 2.22. The summed E-state index contributed by atoms with van der Waals surface area (Å²) in [6, 6.07) is 8.86. The fourth-order valence-corrected chi connectivity index (χ4v) is 4.77. The minimum absolute atomic E-state index is 0.102. The maximum atomic E-state index is 12.7. The summed E-state index contributed by atoms with van der Waals surface area (Å²) >= 11 is 0. The van der Waals surface area contributed by atoms with Crippen LogP contribution in [0.25, 0.3) is 11.4 Å². The lowest BCUT2D eigenvalue weighted by atomic mass is 10.1. The number of aryl methyl sites for hydroxylation is 2. The number of pyridine rings is 1. The summed E-state index contributed by atoms with van der Waals surface area (Å²) in [4.78, 5) is 22.4. The molecule has 2 heterocycles. The molecule has 4 rings (SSSR count). The Morgan fingerprint density at radius 1 is 1.20 bits per heavy atom. The second-order valence-corrected chi connectivity index (χ2v) is 9.47. The number of rotatable bonds is 7. The summed E-state index contributed by atoms with van der Waals surface area (Å²) in [6.07, 6.45) is 6.11. The van der Waals surface area contributed by atoms with E-state index in [1.807, 2.05) is 6.07 Å². The number of hydrogen-bond acceptors (Lipinski definition) is 7. The number of benzene rings is 1. The molecule has 0 aliphatic heterocycles. The molecular formula is C21H22N4O4S. The lowest BCUT2D eigenvalue weighted by Crippen LogP contribution is -2.28. The van der Waals surface area contributed by atoms with E-state index in [1.54, 1.807) is 43.7 Å². The third kappa shape index (κ3) is 4.40. The fraction of sp³-hybridized carbons (Fsp3) is 0.333. The largest absolute Gasteiger partial charge is 0.337 e. The minimum atomic E-state index is -3.52. The first kappa shape index (κ1) is 20.2. The van der Waals surface area contributed by atoms with Crippen LogP contribution in [-0.4, -0.2) is 47.2 Å². The average Bonchev–Trinajstić information content (AvgIpc) is 3.41. The predicted octanol–water partition coefficient (Wildman–Crippen LogP) is 2.44. The molecule has 0 saturated heterocycles. The van der Waals surface area contributed by atoms with Crippen LogP contribution in [0, 0.1) is 0 Å². The number of nitrogens with zero attached hydrogens (tertiary/aromatic N) is 4. The Bertz CT molecular complexity index is 1160. The molecule has 1 amide bonds. The van der Waals surface area contributed by atoms with Gasteiger partial charge in [-0.2, -0.15) is 4.98 Å². The van der Waals surface area contributed by atoms with Crippen LogP contribution in [0.1, 0.15) is 29.9 Å².